The van der Waals surface area contributed by atoms with E-state index >= 15 is 0 Å². The van der Waals surface area contributed by atoms with Crippen LogP contribution in [0.15, 0.2) is 53.2 Å². The van der Waals surface area contributed by atoms with E-state index in [2.05, 4.69) is 26.8 Å². The Kier molecular flexibility index (Phi) is 11.4. The van der Waals surface area contributed by atoms with Crippen LogP contribution in [-0.2, 0) is 0 Å². The van der Waals surface area contributed by atoms with Crippen molar-refractivity contribution in [3.63, 3.8) is 0 Å². The number of allylic oxidation sites excluding steroid dienone is 5. The maximum absolute atomic E-state index is 10.4. The molecule has 0 aliphatic heterocycles. The molecule has 172 valence electrons. The zero-order chi connectivity index (χ0) is 23.6. The summed E-state index contributed by atoms with van der Waals surface area (Å²) in [6.07, 6.45) is 11.4. The highest BCUT2D eigenvalue weighted by molar-refractivity contribution is 5.61. The second-order valence-corrected chi connectivity index (χ2v) is 8.83. The van der Waals surface area contributed by atoms with Crippen LogP contribution in [0, 0.1) is 12.8 Å². The molecule has 0 saturated heterocycles. The number of benzene rings is 1. The minimum atomic E-state index is -0.906. The van der Waals surface area contributed by atoms with Gasteiger partial charge in [-0.15, -0.1) is 0 Å². The molecule has 0 bridgehead atoms. The number of hydrogen-bond acceptors (Lipinski definition) is 4. The normalized spacial score (nSPS) is 15.7. The van der Waals surface area contributed by atoms with Crippen LogP contribution in [0.1, 0.15) is 71.4 Å². The lowest BCUT2D eigenvalue weighted by atomic mass is 9.98. The molecule has 0 heterocycles. The van der Waals surface area contributed by atoms with Gasteiger partial charge in [-0.05, 0) is 89.5 Å². The van der Waals surface area contributed by atoms with Gasteiger partial charge in [-0.3, -0.25) is 0 Å². The summed E-state index contributed by atoms with van der Waals surface area (Å²) in [5, 5.41) is 40.5. The molecule has 0 aliphatic carbocycles. The third kappa shape index (κ3) is 10.0. The van der Waals surface area contributed by atoms with Gasteiger partial charge in [0.2, 0.25) is 0 Å². The maximum Gasteiger partial charge on any atom is 0.125 e. The van der Waals surface area contributed by atoms with Crippen molar-refractivity contribution in [2.24, 2.45) is 5.92 Å². The molecule has 4 heteroatoms. The minimum Gasteiger partial charge on any atom is -0.508 e. The van der Waals surface area contributed by atoms with Gasteiger partial charge >= 0.3 is 0 Å². The Bertz CT molecular complexity index is 826. The van der Waals surface area contributed by atoms with Crippen molar-refractivity contribution in [3.05, 3.63) is 64.3 Å². The Labute approximate surface area is 188 Å². The average molecular weight is 429 g/mol. The largest absolute Gasteiger partial charge is 0.508 e. The molecule has 1 aromatic rings. The Morgan fingerprint density at radius 2 is 1.68 bits per heavy atom. The molecule has 0 amide bonds. The van der Waals surface area contributed by atoms with E-state index in [1.165, 1.54) is 11.6 Å². The molecule has 1 rings (SSSR count). The maximum atomic E-state index is 10.4. The number of rotatable bonds is 11. The van der Waals surface area contributed by atoms with Crippen LogP contribution in [0.2, 0.25) is 0 Å². The second-order valence-electron chi connectivity index (χ2n) is 8.83. The summed E-state index contributed by atoms with van der Waals surface area (Å²) in [7, 11) is 0. The summed E-state index contributed by atoms with van der Waals surface area (Å²) in [6, 6.07) is 3.08. The van der Waals surface area contributed by atoms with Gasteiger partial charge in [-0.1, -0.05) is 48.5 Å². The standard InChI is InChI=1S/C27H40O4/c1-18(2)9-7-11-20(4)15-25(29)27(31)21(5)12-8-10-19(3)13-14-23-17-24(28)16-22(6)26(23)30/h9,12-17,19,25,27-31H,7-8,10-11H2,1-6H3/t19-,25-,27-/m0/s1. The first-order valence-corrected chi connectivity index (χ1v) is 11.1. The van der Waals surface area contributed by atoms with Crippen LogP contribution in [0.3, 0.4) is 0 Å². The molecule has 4 N–H and O–H groups in total. The smallest absolute Gasteiger partial charge is 0.125 e. The predicted molar refractivity (Wildman–Crippen MR) is 130 cm³/mol. The Morgan fingerprint density at radius 1 is 1.00 bits per heavy atom. The topological polar surface area (TPSA) is 80.9 Å². The fraction of sp³-hybridized carbons (Fsp3) is 0.481. The van der Waals surface area contributed by atoms with Crippen LogP contribution < -0.4 is 0 Å². The predicted octanol–water partition coefficient (Wildman–Crippen LogP) is 6.20. The fourth-order valence-corrected chi connectivity index (χ4v) is 3.30. The van der Waals surface area contributed by atoms with Crippen molar-refractivity contribution in [2.45, 2.75) is 79.4 Å². The van der Waals surface area contributed by atoms with Gasteiger partial charge in [0.15, 0.2) is 0 Å². The fourth-order valence-electron chi connectivity index (χ4n) is 3.30. The Balaban J connectivity index is 2.58. The minimum absolute atomic E-state index is 0.134. The zero-order valence-electron chi connectivity index (χ0n) is 19.9. The zero-order valence-corrected chi connectivity index (χ0v) is 19.9. The van der Waals surface area contributed by atoms with E-state index < -0.39 is 12.2 Å². The summed E-state index contributed by atoms with van der Waals surface area (Å²) in [5.41, 5.74) is 4.35. The Morgan fingerprint density at radius 3 is 2.32 bits per heavy atom. The molecular formula is C27H40O4. The number of phenols is 2. The van der Waals surface area contributed by atoms with Crippen LogP contribution in [0.4, 0.5) is 0 Å². The van der Waals surface area contributed by atoms with Crippen molar-refractivity contribution >= 4 is 6.08 Å². The third-order valence-corrected chi connectivity index (χ3v) is 5.34. The molecule has 0 fully saturated rings. The Hall–Kier alpha value is -2.30. The van der Waals surface area contributed by atoms with Crippen molar-refractivity contribution in [2.75, 3.05) is 0 Å². The first-order valence-electron chi connectivity index (χ1n) is 11.1. The van der Waals surface area contributed by atoms with Crippen molar-refractivity contribution in [1.82, 2.24) is 0 Å². The lowest BCUT2D eigenvalue weighted by Crippen LogP contribution is -2.25. The quantitative estimate of drug-likeness (QED) is 0.250. The molecule has 0 radical (unpaired) electrons. The van der Waals surface area contributed by atoms with Gasteiger partial charge in [-0.2, -0.15) is 0 Å². The highest BCUT2D eigenvalue weighted by Gasteiger charge is 2.15. The molecule has 4 nitrogen and oxygen atoms in total. The molecular weight excluding hydrogens is 388 g/mol. The van der Waals surface area contributed by atoms with Gasteiger partial charge in [0.25, 0.3) is 0 Å². The molecule has 0 aliphatic rings. The molecule has 3 atom stereocenters. The number of aliphatic hydroxyl groups excluding tert-OH is 2. The summed E-state index contributed by atoms with van der Waals surface area (Å²) < 4.78 is 0. The van der Waals surface area contributed by atoms with Crippen molar-refractivity contribution in [3.8, 4) is 11.5 Å². The van der Waals surface area contributed by atoms with Gasteiger partial charge in [0, 0.05) is 5.56 Å². The average Bonchev–Trinajstić information content (AvgIpc) is 2.68. The highest BCUT2D eigenvalue weighted by Crippen LogP contribution is 2.28. The van der Waals surface area contributed by atoms with E-state index in [1.807, 2.05) is 32.1 Å². The van der Waals surface area contributed by atoms with Gasteiger partial charge in [0.1, 0.15) is 23.7 Å². The third-order valence-electron chi connectivity index (χ3n) is 5.34. The van der Waals surface area contributed by atoms with Crippen molar-refractivity contribution in [1.29, 1.82) is 0 Å². The lowest BCUT2D eigenvalue weighted by Gasteiger charge is -2.17. The summed E-state index contributed by atoms with van der Waals surface area (Å²) >= 11 is 0. The van der Waals surface area contributed by atoms with Gasteiger partial charge < -0.3 is 20.4 Å². The molecule has 1 aromatic carbocycles. The highest BCUT2D eigenvalue weighted by atomic mass is 16.3. The van der Waals surface area contributed by atoms with Crippen LogP contribution in [0.25, 0.3) is 6.08 Å². The van der Waals surface area contributed by atoms with E-state index in [1.54, 1.807) is 19.1 Å². The number of phenolic OH excluding ortho intramolecular Hbond substituents is 2. The summed E-state index contributed by atoms with van der Waals surface area (Å²) in [6.45, 7) is 11.8. The first-order chi connectivity index (χ1) is 14.5. The molecule has 31 heavy (non-hydrogen) atoms. The first kappa shape index (κ1) is 26.7. The lowest BCUT2D eigenvalue weighted by molar-refractivity contribution is 0.0724. The molecule has 0 aromatic heterocycles. The van der Waals surface area contributed by atoms with Crippen LogP contribution in [-0.4, -0.2) is 32.6 Å². The SMILES string of the molecule is CC(C)=CCCC(C)=C[C@H](O)[C@@H](O)C(C)=CCC[C@H](C)C=Cc1cc(O)cc(C)c1O. The van der Waals surface area contributed by atoms with E-state index in [9.17, 15) is 20.4 Å². The monoisotopic (exact) mass is 428 g/mol. The number of aromatic hydroxyl groups is 2. The van der Waals surface area contributed by atoms with Crippen LogP contribution >= 0.6 is 0 Å². The second kappa shape index (κ2) is 13.2. The van der Waals surface area contributed by atoms with Gasteiger partial charge in [-0.25, -0.2) is 0 Å². The number of aryl methyl sites for hydroxylation is 1. The summed E-state index contributed by atoms with van der Waals surface area (Å²) in [4.78, 5) is 0. The number of hydrogen-bond donors (Lipinski definition) is 4. The molecule has 0 spiro atoms. The van der Waals surface area contributed by atoms with E-state index in [0.29, 0.717) is 11.1 Å². The van der Waals surface area contributed by atoms with Crippen LogP contribution in [0.5, 0.6) is 11.5 Å². The van der Waals surface area contributed by atoms with E-state index in [4.69, 9.17) is 0 Å². The van der Waals surface area contributed by atoms with Gasteiger partial charge in [0.05, 0.1) is 0 Å². The van der Waals surface area contributed by atoms with E-state index in [-0.39, 0.29) is 17.4 Å². The summed E-state index contributed by atoms with van der Waals surface area (Å²) in [5.74, 6) is 0.568. The molecule has 0 saturated carbocycles. The van der Waals surface area contributed by atoms with Crippen molar-refractivity contribution < 1.29 is 20.4 Å². The number of aliphatic hydroxyl groups is 2. The van der Waals surface area contributed by atoms with E-state index in [0.717, 1.165) is 36.8 Å². The molecule has 0 unspecified atom stereocenters.